The van der Waals surface area contributed by atoms with E-state index in [1.807, 2.05) is 0 Å². The van der Waals surface area contributed by atoms with Gasteiger partial charge >= 0.3 is 5.97 Å². The zero-order chi connectivity index (χ0) is 17.1. The quantitative estimate of drug-likeness (QED) is 0.469. The number of carbonyl (C=O) groups is 2. The Hall–Kier alpha value is -2.20. The van der Waals surface area contributed by atoms with E-state index in [9.17, 15) is 24.9 Å². The Labute approximate surface area is 131 Å². The SMILES string of the molecule is CC(=O)Nc1ccc(O[C@H]2O[C@@H](C(=O)O)[C@H](O)[C@@H](O)[C@@H]2O)cc1. The molecule has 1 aromatic carbocycles. The number of benzene rings is 1. The Kier molecular flexibility index (Phi) is 5.16. The van der Waals surface area contributed by atoms with E-state index < -0.39 is 36.7 Å². The van der Waals surface area contributed by atoms with Crippen molar-refractivity contribution in [3.63, 3.8) is 0 Å². The molecule has 1 aliphatic heterocycles. The molecular weight excluding hydrogens is 310 g/mol. The number of anilines is 1. The summed E-state index contributed by atoms with van der Waals surface area (Å²) in [5.74, 6) is -1.51. The number of hydrogen-bond acceptors (Lipinski definition) is 7. The van der Waals surface area contributed by atoms with E-state index in [1.165, 1.54) is 31.2 Å². The molecular formula is C14H17NO8. The van der Waals surface area contributed by atoms with Crippen molar-refractivity contribution < 1.29 is 39.5 Å². The highest BCUT2D eigenvalue weighted by molar-refractivity contribution is 5.88. The monoisotopic (exact) mass is 327 g/mol. The molecule has 0 spiro atoms. The highest BCUT2D eigenvalue weighted by atomic mass is 16.7. The van der Waals surface area contributed by atoms with Gasteiger partial charge in [-0.3, -0.25) is 4.79 Å². The number of ether oxygens (including phenoxy) is 2. The van der Waals surface area contributed by atoms with E-state index in [1.54, 1.807) is 0 Å². The number of aliphatic hydroxyl groups is 3. The van der Waals surface area contributed by atoms with Crippen LogP contribution >= 0.6 is 0 Å². The van der Waals surface area contributed by atoms with Crippen molar-refractivity contribution in [1.29, 1.82) is 0 Å². The van der Waals surface area contributed by atoms with Gasteiger partial charge in [-0.2, -0.15) is 0 Å². The van der Waals surface area contributed by atoms with Crippen LogP contribution in [-0.4, -0.2) is 63.0 Å². The van der Waals surface area contributed by atoms with Crippen LogP contribution in [0.15, 0.2) is 24.3 Å². The molecule has 0 radical (unpaired) electrons. The van der Waals surface area contributed by atoms with Crippen molar-refractivity contribution in [2.45, 2.75) is 37.6 Å². The number of carboxylic acid groups (broad SMARTS) is 1. The fraction of sp³-hybridized carbons (Fsp3) is 0.429. The zero-order valence-corrected chi connectivity index (χ0v) is 12.1. The minimum Gasteiger partial charge on any atom is -0.479 e. The first-order valence-corrected chi connectivity index (χ1v) is 6.76. The summed E-state index contributed by atoms with van der Waals surface area (Å²) in [4.78, 5) is 21.9. The first-order chi connectivity index (χ1) is 10.8. The maximum absolute atomic E-state index is 11.0. The summed E-state index contributed by atoms with van der Waals surface area (Å²) < 4.78 is 10.3. The molecule has 0 aromatic heterocycles. The van der Waals surface area contributed by atoms with Crippen LogP contribution in [0.3, 0.4) is 0 Å². The van der Waals surface area contributed by atoms with Crippen molar-refractivity contribution in [1.82, 2.24) is 0 Å². The largest absolute Gasteiger partial charge is 0.479 e. The van der Waals surface area contributed by atoms with E-state index in [2.05, 4.69) is 5.32 Å². The zero-order valence-electron chi connectivity index (χ0n) is 12.1. The Morgan fingerprint density at radius 1 is 1.09 bits per heavy atom. The molecule has 23 heavy (non-hydrogen) atoms. The second-order valence-corrected chi connectivity index (χ2v) is 5.06. The second kappa shape index (κ2) is 6.92. The van der Waals surface area contributed by atoms with Crippen LogP contribution in [0.1, 0.15) is 6.92 Å². The molecule has 0 saturated carbocycles. The van der Waals surface area contributed by atoms with Crippen LogP contribution in [0.4, 0.5) is 5.69 Å². The van der Waals surface area contributed by atoms with E-state index in [0.29, 0.717) is 5.69 Å². The van der Waals surface area contributed by atoms with Gasteiger partial charge in [0.25, 0.3) is 0 Å². The minimum atomic E-state index is -1.77. The van der Waals surface area contributed by atoms with E-state index >= 15 is 0 Å². The number of hydrogen-bond donors (Lipinski definition) is 5. The lowest BCUT2D eigenvalue weighted by Crippen LogP contribution is -2.61. The Balaban J connectivity index is 2.08. The molecule has 1 heterocycles. The van der Waals surface area contributed by atoms with Gasteiger partial charge in [0.15, 0.2) is 6.10 Å². The standard InChI is InChI=1S/C14H17NO8/c1-6(16)15-7-2-4-8(5-3-7)22-14-11(19)9(17)10(18)12(23-14)13(20)21/h2-5,9-12,14,17-19H,1H3,(H,15,16)(H,20,21)/t9-,10-,11+,12-,14+/m1/s1. The maximum Gasteiger partial charge on any atom is 0.335 e. The summed E-state index contributed by atoms with van der Waals surface area (Å²) >= 11 is 0. The van der Waals surface area contributed by atoms with E-state index in [0.717, 1.165) is 0 Å². The lowest BCUT2D eigenvalue weighted by molar-refractivity contribution is -0.271. The minimum absolute atomic E-state index is 0.218. The molecule has 1 fully saturated rings. The summed E-state index contributed by atoms with van der Waals surface area (Å²) in [5.41, 5.74) is 0.522. The van der Waals surface area contributed by atoms with Crippen LogP contribution in [0.5, 0.6) is 5.75 Å². The summed E-state index contributed by atoms with van der Waals surface area (Å²) in [5, 5.41) is 40.6. The molecule has 5 atom stereocenters. The molecule has 1 saturated heterocycles. The number of carboxylic acids is 1. The third-order valence-electron chi connectivity index (χ3n) is 3.24. The summed E-state index contributed by atoms with van der Waals surface area (Å²) in [6, 6.07) is 6.00. The first-order valence-electron chi connectivity index (χ1n) is 6.76. The average molecular weight is 327 g/mol. The van der Waals surface area contributed by atoms with Crippen molar-refractivity contribution in [3.05, 3.63) is 24.3 Å². The number of carbonyl (C=O) groups excluding carboxylic acids is 1. The summed E-state index contributed by atoms with van der Waals surface area (Å²) in [7, 11) is 0. The highest BCUT2D eigenvalue weighted by Gasteiger charge is 2.48. The number of aliphatic carboxylic acids is 1. The number of aliphatic hydroxyl groups excluding tert-OH is 3. The van der Waals surface area contributed by atoms with Crippen LogP contribution in [0.2, 0.25) is 0 Å². The summed E-state index contributed by atoms with van der Waals surface area (Å²) in [6.45, 7) is 1.36. The Bertz CT molecular complexity index is 575. The van der Waals surface area contributed by atoms with Crippen molar-refractivity contribution in [3.8, 4) is 5.75 Å². The van der Waals surface area contributed by atoms with Gasteiger partial charge in [0, 0.05) is 12.6 Å². The first kappa shape index (κ1) is 17.2. The molecule has 1 amide bonds. The number of amides is 1. The molecule has 0 bridgehead atoms. The normalized spacial score (nSPS) is 30.5. The lowest BCUT2D eigenvalue weighted by atomic mass is 9.99. The van der Waals surface area contributed by atoms with E-state index in [4.69, 9.17) is 14.6 Å². The fourth-order valence-electron chi connectivity index (χ4n) is 2.10. The van der Waals surface area contributed by atoms with Gasteiger partial charge in [-0.05, 0) is 24.3 Å². The molecule has 5 N–H and O–H groups in total. The predicted octanol–water partition coefficient (Wildman–Crippen LogP) is -1.08. The second-order valence-electron chi connectivity index (χ2n) is 5.06. The molecule has 126 valence electrons. The van der Waals surface area contributed by atoms with Crippen LogP contribution in [-0.2, 0) is 14.3 Å². The van der Waals surface area contributed by atoms with Gasteiger partial charge in [0.05, 0.1) is 0 Å². The number of rotatable bonds is 4. The number of nitrogens with one attached hydrogen (secondary N) is 1. The van der Waals surface area contributed by atoms with Crippen LogP contribution in [0, 0.1) is 0 Å². The molecule has 9 heteroatoms. The third kappa shape index (κ3) is 3.96. The van der Waals surface area contributed by atoms with Gasteiger partial charge in [-0.1, -0.05) is 0 Å². The Morgan fingerprint density at radius 3 is 2.22 bits per heavy atom. The highest BCUT2D eigenvalue weighted by Crippen LogP contribution is 2.25. The fourth-order valence-corrected chi connectivity index (χ4v) is 2.10. The average Bonchev–Trinajstić information content (AvgIpc) is 2.48. The smallest absolute Gasteiger partial charge is 0.335 e. The van der Waals surface area contributed by atoms with Crippen LogP contribution in [0.25, 0.3) is 0 Å². The van der Waals surface area contributed by atoms with Gasteiger partial charge < -0.3 is 35.2 Å². The molecule has 1 aromatic rings. The predicted molar refractivity (Wildman–Crippen MR) is 75.7 cm³/mol. The topological polar surface area (TPSA) is 146 Å². The lowest BCUT2D eigenvalue weighted by Gasteiger charge is -2.38. The molecule has 0 aliphatic carbocycles. The molecule has 2 rings (SSSR count). The van der Waals surface area contributed by atoms with Gasteiger partial charge in [-0.15, -0.1) is 0 Å². The van der Waals surface area contributed by atoms with Gasteiger partial charge in [-0.25, -0.2) is 4.79 Å². The van der Waals surface area contributed by atoms with Crippen molar-refractivity contribution in [2.75, 3.05) is 5.32 Å². The van der Waals surface area contributed by atoms with Crippen LogP contribution < -0.4 is 10.1 Å². The van der Waals surface area contributed by atoms with Crippen molar-refractivity contribution >= 4 is 17.6 Å². The molecule has 1 aliphatic rings. The van der Waals surface area contributed by atoms with E-state index in [-0.39, 0.29) is 11.7 Å². The van der Waals surface area contributed by atoms with Gasteiger partial charge in [0.1, 0.15) is 24.1 Å². The third-order valence-corrected chi connectivity index (χ3v) is 3.24. The maximum atomic E-state index is 11.0. The molecule has 9 nitrogen and oxygen atoms in total. The Morgan fingerprint density at radius 2 is 1.70 bits per heavy atom. The van der Waals surface area contributed by atoms with Gasteiger partial charge in [0.2, 0.25) is 12.2 Å². The van der Waals surface area contributed by atoms with Crippen molar-refractivity contribution in [2.24, 2.45) is 0 Å². The summed E-state index contributed by atoms with van der Waals surface area (Å²) in [6.07, 6.45) is -8.33. The molecule has 0 unspecified atom stereocenters.